The summed E-state index contributed by atoms with van der Waals surface area (Å²) in [7, 11) is 0. The topological polar surface area (TPSA) is 66.6 Å². The number of para-hydroxylation sites is 2. The molecule has 5 nitrogen and oxygen atoms in total. The summed E-state index contributed by atoms with van der Waals surface area (Å²) in [5.41, 5.74) is 4.81. The minimum Gasteiger partial charge on any atom is -0.480 e. The van der Waals surface area contributed by atoms with E-state index in [1.165, 1.54) is 0 Å². The first kappa shape index (κ1) is 23.9. The summed E-state index contributed by atoms with van der Waals surface area (Å²) in [4.78, 5) is 18.8. The van der Waals surface area contributed by atoms with Crippen LogP contribution in [0, 0.1) is 0 Å². The van der Waals surface area contributed by atoms with Gasteiger partial charge >= 0.3 is 5.97 Å². The van der Waals surface area contributed by atoms with E-state index < -0.39 is 12.0 Å². The Labute approximate surface area is 218 Å². The number of benzene rings is 4. The van der Waals surface area contributed by atoms with Crippen molar-refractivity contribution in [3.63, 3.8) is 0 Å². The van der Waals surface area contributed by atoms with Crippen LogP contribution in [0.5, 0.6) is 0 Å². The fraction of sp³-hybridized carbons (Fsp3) is 0.103. The second-order valence-electron chi connectivity index (χ2n) is 8.45. The van der Waals surface area contributed by atoms with Crippen LogP contribution in [0.15, 0.2) is 101 Å². The number of carboxylic acids is 1. The van der Waals surface area contributed by atoms with Crippen LogP contribution in [0.2, 0.25) is 10.0 Å². The van der Waals surface area contributed by atoms with Gasteiger partial charge in [-0.25, -0.2) is 9.78 Å². The summed E-state index contributed by atoms with van der Waals surface area (Å²) in [5.74, 6) is -0.402. The van der Waals surface area contributed by atoms with E-state index in [0.29, 0.717) is 34.6 Å². The highest BCUT2D eigenvalue weighted by Crippen LogP contribution is 2.33. The van der Waals surface area contributed by atoms with Crippen molar-refractivity contribution in [3.8, 4) is 11.5 Å². The molecule has 0 unspecified atom stereocenters. The molecule has 5 rings (SSSR count). The SMILES string of the molecule is O=C(O)[C@H](Cc1ccccc1)N(Cc1ccc(-c2nc3ccccc3o2)cc1)c1ccc(Cl)cc1Cl. The Hall–Kier alpha value is -3.80. The van der Waals surface area contributed by atoms with E-state index in [-0.39, 0.29) is 0 Å². The van der Waals surface area contributed by atoms with Gasteiger partial charge in [0.2, 0.25) is 5.89 Å². The van der Waals surface area contributed by atoms with Crippen LogP contribution in [0.4, 0.5) is 5.69 Å². The maximum Gasteiger partial charge on any atom is 0.326 e. The van der Waals surface area contributed by atoms with E-state index in [0.717, 1.165) is 27.8 Å². The van der Waals surface area contributed by atoms with Crippen molar-refractivity contribution in [1.29, 1.82) is 0 Å². The first-order valence-corrected chi connectivity index (χ1v) is 12.2. The molecular weight excluding hydrogens is 495 g/mol. The Morgan fingerprint density at radius 2 is 1.61 bits per heavy atom. The summed E-state index contributed by atoms with van der Waals surface area (Å²) >= 11 is 12.7. The Balaban J connectivity index is 1.47. The average Bonchev–Trinajstić information content (AvgIpc) is 3.32. The molecule has 0 fully saturated rings. The number of aromatic nitrogens is 1. The highest BCUT2D eigenvalue weighted by molar-refractivity contribution is 6.36. The number of anilines is 1. The van der Waals surface area contributed by atoms with E-state index >= 15 is 0 Å². The number of aliphatic carboxylic acids is 1. The third-order valence-corrected chi connectivity index (χ3v) is 6.54. The molecule has 0 saturated carbocycles. The molecule has 0 amide bonds. The Morgan fingerprint density at radius 1 is 0.889 bits per heavy atom. The van der Waals surface area contributed by atoms with Gasteiger partial charge in [-0.05, 0) is 53.6 Å². The number of carboxylic acid groups (broad SMARTS) is 1. The molecule has 1 atom stereocenters. The largest absolute Gasteiger partial charge is 0.480 e. The van der Waals surface area contributed by atoms with Crippen molar-refractivity contribution < 1.29 is 14.3 Å². The maximum atomic E-state index is 12.5. The van der Waals surface area contributed by atoms with Gasteiger partial charge in [0.05, 0.1) is 10.7 Å². The van der Waals surface area contributed by atoms with E-state index in [4.69, 9.17) is 27.6 Å². The van der Waals surface area contributed by atoms with Gasteiger partial charge in [-0.1, -0.05) is 77.8 Å². The Bertz CT molecular complexity index is 1470. The molecule has 180 valence electrons. The van der Waals surface area contributed by atoms with Crippen LogP contribution >= 0.6 is 23.2 Å². The number of hydrogen-bond donors (Lipinski definition) is 1. The van der Waals surface area contributed by atoms with Crippen molar-refractivity contribution in [1.82, 2.24) is 4.98 Å². The van der Waals surface area contributed by atoms with Gasteiger partial charge in [-0.2, -0.15) is 0 Å². The number of rotatable bonds is 8. The standard InChI is InChI=1S/C29H22Cl2N2O3/c30-22-14-15-25(23(31)17-22)33(26(29(34)35)16-19-6-2-1-3-7-19)18-20-10-12-21(13-11-20)28-32-24-8-4-5-9-27(24)36-28/h1-15,17,26H,16,18H2,(H,34,35)/t26-/m0/s1. The summed E-state index contributed by atoms with van der Waals surface area (Å²) in [5, 5.41) is 11.1. The Morgan fingerprint density at radius 3 is 2.31 bits per heavy atom. The third kappa shape index (κ3) is 5.23. The van der Waals surface area contributed by atoms with E-state index in [1.807, 2.05) is 83.8 Å². The van der Waals surface area contributed by atoms with Gasteiger partial charge in [0, 0.05) is 23.6 Å². The normalized spacial score (nSPS) is 11.9. The first-order valence-electron chi connectivity index (χ1n) is 11.4. The molecule has 7 heteroatoms. The maximum absolute atomic E-state index is 12.5. The van der Waals surface area contributed by atoms with Gasteiger partial charge in [0.25, 0.3) is 0 Å². The molecule has 0 radical (unpaired) electrons. The molecule has 0 aliphatic heterocycles. The van der Waals surface area contributed by atoms with Crippen LogP contribution in [0.3, 0.4) is 0 Å². The molecule has 1 heterocycles. The van der Waals surface area contributed by atoms with Crippen LogP contribution < -0.4 is 4.90 Å². The lowest BCUT2D eigenvalue weighted by atomic mass is 10.0. The molecule has 0 aliphatic rings. The molecular formula is C29H22Cl2N2O3. The van der Waals surface area contributed by atoms with Crippen LogP contribution in [-0.2, 0) is 17.8 Å². The highest BCUT2D eigenvalue weighted by Gasteiger charge is 2.28. The van der Waals surface area contributed by atoms with Crippen LogP contribution in [0.1, 0.15) is 11.1 Å². The fourth-order valence-electron chi connectivity index (χ4n) is 4.19. The number of hydrogen-bond acceptors (Lipinski definition) is 4. The smallest absolute Gasteiger partial charge is 0.326 e. The fourth-order valence-corrected chi connectivity index (χ4v) is 4.71. The average molecular weight is 517 g/mol. The summed E-state index contributed by atoms with van der Waals surface area (Å²) in [6.45, 7) is 0.332. The lowest BCUT2D eigenvalue weighted by molar-refractivity contribution is -0.138. The third-order valence-electron chi connectivity index (χ3n) is 6.00. The molecule has 0 bridgehead atoms. The number of nitrogens with zero attached hydrogens (tertiary/aromatic N) is 2. The molecule has 0 aliphatic carbocycles. The predicted octanol–water partition coefficient (Wildman–Crippen LogP) is 7.50. The van der Waals surface area contributed by atoms with Crippen molar-refractivity contribution >= 4 is 46.0 Å². The minimum atomic E-state index is -0.937. The zero-order chi connectivity index (χ0) is 25.1. The van der Waals surface area contributed by atoms with Crippen LogP contribution in [-0.4, -0.2) is 22.1 Å². The Kier molecular flexibility index (Phi) is 6.94. The van der Waals surface area contributed by atoms with E-state index in [2.05, 4.69) is 4.98 Å². The van der Waals surface area contributed by atoms with Gasteiger partial charge in [-0.15, -0.1) is 0 Å². The number of carbonyl (C=O) groups is 1. The molecule has 1 aromatic heterocycles. The number of oxazole rings is 1. The van der Waals surface area contributed by atoms with Gasteiger partial charge in [-0.3, -0.25) is 0 Å². The zero-order valence-corrected chi connectivity index (χ0v) is 20.7. The lowest BCUT2D eigenvalue weighted by Gasteiger charge is -2.32. The molecule has 1 N–H and O–H groups in total. The predicted molar refractivity (Wildman–Crippen MR) is 144 cm³/mol. The zero-order valence-electron chi connectivity index (χ0n) is 19.1. The second-order valence-corrected chi connectivity index (χ2v) is 9.29. The summed E-state index contributed by atoms with van der Waals surface area (Å²) < 4.78 is 5.88. The van der Waals surface area contributed by atoms with Crippen molar-refractivity contribution in [2.75, 3.05) is 4.90 Å². The minimum absolute atomic E-state index is 0.316. The van der Waals surface area contributed by atoms with E-state index in [9.17, 15) is 9.90 Å². The molecule has 4 aromatic carbocycles. The van der Waals surface area contributed by atoms with Crippen molar-refractivity contribution in [3.05, 3.63) is 118 Å². The van der Waals surface area contributed by atoms with E-state index in [1.54, 1.807) is 18.2 Å². The molecule has 0 spiro atoms. The molecule has 5 aromatic rings. The van der Waals surface area contributed by atoms with Gasteiger partial charge < -0.3 is 14.4 Å². The monoisotopic (exact) mass is 516 g/mol. The van der Waals surface area contributed by atoms with Crippen molar-refractivity contribution in [2.45, 2.75) is 19.0 Å². The number of fused-ring (bicyclic) bond motifs is 1. The molecule has 36 heavy (non-hydrogen) atoms. The lowest BCUT2D eigenvalue weighted by Crippen LogP contribution is -2.42. The summed E-state index contributed by atoms with van der Waals surface area (Å²) in [6.07, 6.45) is 0.316. The van der Waals surface area contributed by atoms with Crippen LogP contribution in [0.25, 0.3) is 22.6 Å². The van der Waals surface area contributed by atoms with Gasteiger partial charge in [0.15, 0.2) is 5.58 Å². The second kappa shape index (κ2) is 10.4. The summed E-state index contributed by atoms with van der Waals surface area (Å²) in [6, 6.07) is 29.2. The molecule has 0 saturated heterocycles. The highest BCUT2D eigenvalue weighted by atomic mass is 35.5. The van der Waals surface area contributed by atoms with Gasteiger partial charge in [0.1, 0.15) is 11.6 Å². The van der Waals surface area contributed by atoms with Crippen molar-refractivity contribution in [2.24, 2.45) is 0 Å². The quantitative estimate of drug-likeness (QED) is 0.231. The first-order chi connectivity index (χ1) is 17.5. The number of halogens is 2.